The molecule has 2 aromatic carbocycles. The molecule has 3 aromatic rings. The van der Waals surface area contributed by atoms with Gasteiger partial charge in [-0.25, -0.2) is 4.98 Å². The summed E-state index contributed by atoms with van der Waals surface area (Å²) in [4.78, 5) is 16.9. The minimum absolute atomic E-state index is 0.259. The average molecular weight is 377 g/mol. The molecule has 130 valence electrons. The lowest BCUT2D eigenvalue weighted by Gasteiger charge is -2.11. The van der Waals surface area contributed by atoms with Crippen molar-refractivity contribution >= 4 is 44.2 Å². The van der Waals surface area contributed by atoms with Crippen molar-refractivity contribution in [1.82, 2.24) is 4.98 Å². The van der Waals surface area contributed by atoms with Gasteiger partial charge in [0, 0.05) is 10.6 Å². The van der Waals surface area contributed by atoms with Crippen LogP contribution in [0.1, 0.15) is 23.7 Å². The van der Waals surface area contributed by atoms with Crippen LogP contribution in [0.15, 0.2) is 36.4 Å². The predicted molar refractivity (Wildman–Crippen MR) is 101 cm³/mol. The van der Waals surface area contributed by atoms with Gasteiger partial charge in [-0.05, 0) is 42.8 Å². The summed E-state index contributed by atoms with van der Waals surface area (Å²) in [6, 6.07) is 10.5. The highest BCUT2D eigenvalue weighted by Gasteiger charge is 2.13. The Balaban J connectivity index is 1.79. The standard InChI is InChI=1S/C18H17ClN2O3S/c1-3-8-24-14-7-4-11(9-15(14)23-2)17(22)21-18-20-13-6-5-12(19)10-16(13)25-18/h4-7,9-10H,3,8H2,1-2H3,(H,20,21,22). The fourth-order valence-corrected chi connectivity index (χ4v) is 3.40. The third-order valence-corrected chi connectivity index (χ3v) is 4.63. The molecule has 1 amide bonds. The number of rotatable bonds is 6. The molecule has 0 unspecified atom stereocenters. The second-order valence-corrected chi connectivity index (χ2v) is 6.77. The van der Waals surface area contributed by atoms with E-state index in [9.17, 15) is 4.79 Å². The number of nitrogens with zero attached hydrogens (tertiary/aromatic N) is 1. The normalized spacial score (nSPS) is 10.7. The lowest BCUT2D eigenvalue weighted by atomic mass is 10.2. The van der Waals surface area contributed by atoms with Gasteiger partial charge in [-0.15, -0.1) is 0 Å². The number of ether oxygens (including phenoxy) is 2. The summed E-state index contributed by atoms with van der Waals surface area (Å²) in [5, 5.41) is 3.97. The van der Waals surface area contributed by atoms with Crippen molar-refractivity contribution in [3.63, 3.8) is 0 Å². The first-order valence-corrected chi connectivity index (χ1v) is 8.98. The van der Waals surface area contributed by atoms with Crippen molar-refractivity contribution in [2.45, 2.75) is 13.3 Å². The number of methoxy groups -OCH3 is 1. The monoisotopic (exact) mass is 376 g/mol. The molecule has 0 aliphatic carbocycles. The minimum atomic E-state index is -0.259. The zero-order valence-corrected chi connectivity index (χ0v) is 15.4. The van der Waals surface area contributed by atoms with E-state index < -0.39 is 0 Å². The van der Waals surface area contributed by atoms with Crippen LogP contribution >= 0.6 is 22.9 Å². The molecule has 0 saturated carbocycles. The maximum absolute atomic E-state index is 12.5. The third-order valence-electron chi connectivity index (χ3n) is 3.46. The number of nitrogens with one attached hydrogen (secondary N) is 1. The lowest BCUT2D eigenvalue weighted by molar-refractivity contribution is 0.102. The van der Waals surface area contributed by atoms with E-state index in [4.69, 9.17) is 21.1 Å². The van der Waals surface area contributed by atoms with Crippen LogP contribution in [0.5, 0.6) is 11.5 Å². The number of thiazole rings is 1. The number of aromatic nitrogens is 1. The highest BCUT2D eigenvalue weighted by atomic mass is 35.5. The molecule has 1 aromatic heterocycles. The van der Waals surface area contributed by atoms with Gasteiger partial charge in [-0.1, -0.05) is 29.9 Å². The minimum Gasteiger partial charge on any atom is -0.493 e. The first-order valence-electron chi connectivity index (χ1n) is 7.79. The lowest BCUT2D eigenvalue weighted by Crippen LogP contribution is -2.12. The first kappa shape index (κ1) is 17.5. The van der Waals surface area contributed by atoms with Gasteiger partial charge in [0.05, 0.1) is 23.9 Å². The molecule has 0 aliphatic rings. The van der Waals surface area contributed by atoms with Crippen LogP contribution in [0.25, 0.3) is 10.2 Å². The van der Waals surface area contributed by atoms with Crippen molar-refractivity contribution in [1.29, 1.82) is 0 Å². The van der Waals surface area contributed by atoms with E-state index in [-0.39, 0.29) is 5.91 Å². The van der Waals surface area contributed by atoms with Gasteiger partial charge in [0.2, 0.25) is 0 Å². The molecule has 1 heterocycles. The Kier molecular flexibility index (Phi) is 5.40. The van der Waals surface area contributed by atoms with Crippen LogP contribution in [0.2, 0.25) is 5.02 Å². The number of amides is 1. The molecule has 0 atom stereocenters. The average Bonchev–Trinajstić information content (AvgIpc) is 3.00. The number of halogens is 1. The first-order chi connectivity index (χ1) is 12.1. The molecule has 0 aliphatic heterocycles. The summed E-state index contributed by atoms with van der Waals surface area (Å²) >= 11 is 7.35. The second-order valence-electron chi connectivity index (χ2n) is 5.30. The van der Waals surface area contributed by atoms with E-state index >= 15 is 0 Å². The Morgan fingerprint density at radius 1 is 1.24 bits per heavy atom. The molecule has 0 spiro atoms. The van der Waals surface area contributed by atoms with Crippen molar-refractivity contribution in [2.24, 2.45) is 0 Å². The third kappa shape index (κ3) is 4.03. The molecular formula is C18H17ClN2O3S. The van der Waals surface area contributed by atoms with E-state index in [1.807, 2.05) is 19.1 Å². The fourth-order valence-electron chi connectivity index (χ4n) is 2.26. The molecule has 5 nitrogen and oxygen atoms in total. The number of anilines is 1. The maximum atomic E-state index is 12.5. The summed E-state index contributed by atoms with van der Waals surface area (Å²) in [6.07, 6.45) is 0.896. The largest absolute Gasteiger partial charge is 0.493 e. The van der Waals surface area contributed by atoms with Crippen LogP contribution in [-0.4, -0.2) is 24.6 Å². The second kappa shape index (κ2) is 7.72. The summed E-state index contributed by atoms with van der Waals surface area (Å²) in [7, 11) is 1.55. The van der Waals surface area contributed by atoms with E-state index in [0.717, 1.165) is 16.6 Å². The number of hydrogen-bond donors (Lipinski definition) is 1. The Bertz CT molecular complexity index is 910. The van der Waals surface area contributed by atoms with Crippen molar-refractivity contribution < 1.29 is 14.3 Å². The number of hydrogen-bond acceptors (Lipinski definition) is 5. The summed E-state index contributed by atoms with van der Waals surface area (Å²) in [5.74, 6) is 0.887. The summed E-state index contributed by atoms with van der Waals surface area (Å²) < 4.78 is 11.8. The van der Waals surface area contributed by atoms with Crippen LogP contribution in [0.4, 0.5) is 5.13 Å². The molecule has 0 bridgehead atoms. The van der Waals surface area contributed by atoms with Gasteiger partial charge < -0.3 is 9.47 Å². The summed E-state index contributed by atoms with van der Waals surface area (Å²) in [5.41, 5.74) is 1.27. The van der Waals surface area contributed by atoms with Gasteiger partial charge in [0.1, 0.15) is 0 Å². The van der Waals surface area contributed by atoms with Gasteiger partial charge in [-0.2, -0.15) is 0 Å². The van der Waals surface area contributed by atoms with E-state index in [2.05, 4.69) is 10.3 Å². The highest BCUT2D eigenvalue weighted by Crippen LogP contribution is 2.30. The molecule has 0 fully saturated rings. The smallest absolute Gasteiger partial charge is 0.257 e. The van der Waals surface area contributed by atoms with Crippen molar-refractivity contribution in [3.8, 4) is 11.5 Å². The Morgan fingerprint density at radius 3 is 2.84 bits per heavy atom. The van der Waals surface area contributed by atoms with Crippen LogP contribution in [0.3, 0.4) is 0 Å². The molecule has 0 saturated heterocycles. The number of carbonyl (C=O) groups is 1. The SMILES string of the molecule is CCCOc1ccc(C(=O)Nc2nc3ccc(Cl)cc3s2)cc1OC. The van der Waals surface area contributed by atoms with E-state index in [1.54, 1.807) is 31.4 Å². The van der Waals surface area contributed by atoms with Crippen LogP contribution in [0, 0.1) is 0 Å². The van der Waals surface area contributed by atoms with E-state index in [1.165, 1.54) is 11.3 Å². The zero-order chi connectivity index (χ0) is 17.8. The topological polar surface area (TPSA) is 60.5 Å². The quantitative estimate of drug-likeness (QED) is 0.657. The number of fused-ring (bicyclic) bond motifs is 1. The van der Waals surface area contributed by atoms with Gasteiger partial charge in [0.15, 0.2) is 16.6 Å². The van der Waals surface area contributed by atoms with Gasteiger partial charge in [0.25, 0.3) is 5.91 Å². The Morgan fingerprint density at radius 2 is 2.08 bits per heavy atom. The van der Waals surface area contributed by atoms with Crippen molar-refractivity contribution in [2.75, 3.05) is 19.0 Å². The highest BCUT2D eigenvalue weighted by molar-refractivity contribution is 7.22. The molecule has 25 heavy (non-hydrogen) atoms. The molecule has 3 rings (SSSR count). The molecule has 1 N–H and O–H groups in total. The maximum Gasteiger partial charge on any atom is 0.257 e. The van der Waals surface area contributed by atoms with E-state index in [0.29, 0.717) is 33.8 Å². The van der Waals surface area contributed by atoms with Gasteiger partial charge >= 0.3 is 0 Å². The van der Waals surface area contributed by atoms with Crippen molar-refractivity contribution in [3.05, 3.63) is 47.0 Å². The molecule has 0 radical (unpaired) electrons. The van der Waals surface area contributed by atoms with Gasteiger partial charge in [-0.3, -0.25) is 10.1 Å². The number of carbonyl (C=O) groups excluding carboxylic acids is 1. The number of benzene rings is 2. The Hall–Kier alpha value is -2.31. The summed E-state index contributed by atoms with van der Waals surface area (Å²) in [6.45, 7) is 2.62. The zero-order valence-electron chi connectivity index (χ0n) is 13.8. The molecular weight excluding hydrogens is 360 g/mol. The Labute approximate surface area is 154 Å². The molecule has 7 heteroatoms. The fraction of sp³-hybridized carbons (Fsp3) is 0.222. The predicted octanol–water partition coefficient (Wildman–Crippen LogP) is 5.00. The van der Waals surface area contributed by atoms with Crippen LogP contribution in [-0.2, 0) is 0 Å². The van der Waals surface area contributed by atoms with Crippen LogP contribution < -0.4 is 14.8 Å².